The molecule has 248 valence electrons. The zero-order valence-corrected chi connectivity index (χ0v) is 27.2. The van der Waals surface area contributed by atoms with Gasteiger partial charge in [-0.2, -0.15) is 0 Å². The van der Waals surface area contributed by atoms with E-state index in [9.17, 15) is 14.9 Å². The Kier molecular flexibility index (Phi) is 9.56. The van der Waals surface area contributed by atoms with Crippen LogP contribution in [0.15, 0.2) is 109 Å². The second-order valence-corrected chi connectivity index (χ2v) is 12.7. The van der Waals surface area contributed by atoms with Gasteiger partial charge in [0, 0.05) is 25.2 Å². The van der Waals surface area contributed by atoms with Gasteiger partial charge in [-0.25, -0.2) is 9.59 Å². The van der Waals surface area contributed by atoms with Crippen LogP contribution in [0, 0.1) is 10.1 Å². The van der Waals surface area contributed by atoms with Gasteiger partial charge in [0.2, 0.25) is 0 Å². The Balaban J connectivity index is 1.50. The van der Waals surface area contributed by atoms with Crippen molar-refractivity contribution in [3.05, 3.63) is 147 Å². The van der Waals surface area contributed by atoms with Crippen LogP contribution in [0.25, 0.3) is 0 Å². The van der Waals surface area contributed by atoms with Gasteiger partial charge in [0.25, 0.3) is 5.69 Å². The lowest BCUT2D eigenvalue weighted by molar-refractivity contribution is -0.384. The second kappa shape index (κ2) is 14.0. The Labute approximate surface area is 280 Å². The minimum atomic E-state index is -0.937. The number of nitro groups is 1. The average molecular weight is 650 g/mol. The molecule has 4 aromatic rings. The van der Waals surface area contributed by atoms with Crippen LogP contribution in [0.1, 0.15) is 46.5 Å². The van der Waals surface area contributed by atoms with Crippen LogP contribution in [0.5, 0.6) is 0 Å². The Bertz CT molecular complexity index is 1760. The van der Waals surface area contributed by atoms with Crippen molar-refractivity contribution in [3.8, 4) is 0 Å². The molecular weight excluding hydrogens is 610 g/mol. The van der Waals surface area contributed by atoms with Gasteiger partial charge in [0.05, 0.1) is 29.7 Å². The first kappa shape index (κ1) is 32.9. The molecule has 4 aromatic carbocycles. The first-order valence-electron chi connectivity index (χ1n) is 16.0. The normalized spacial score (nSPS) is 21.8. The molecule has 2 heterocycles. The highest BCUT2D eigenvalue weighted by Gasteiger charge is 2.55. The molecule has 0 spiro atoms. The molecule has 2 amide bonds. The van der Waals surface area contributed by atoms with Crippen LogP contribution in [0.3, 0.4) is 0 Å². The predicted octanol–water partition coefficient (Wildman–Crippen LogP) is 6.56. The summed E-state index contributed by atoms with van der Waals surface area (Å²) in [6.07, 6.45) is -0.0713. The van der Waals surface area contributed by atoms with Crippen molar-refractivity contribution >= 4 is 17.7 Å². The number of nitro benzene ring substituents is 1. The molecule has 10 heteroatoms. The number of urea groups is 1. The van der Waals surface area contributed by atoms with Gasteiger partial charge in [-0.1, -0.05) is 84.9 Å². The molecule has 2 aliphatic rings. The third kappa shape index (κ3) is 7.25. The summed E-state index contributed by atoms with van der Waals surface area (Å²) >= 11 is 0. The standard InChI is InChI=1S/C38H39N3O7/c1-38(2)47-34-32(22-26-12-6-4-7-13-26)39(24-28-16-10-18-30(20-28)36(42)46-3)37(43)40(25-29-17-11-19-31(21-29)41(44)45)33(35(34)48-38)23-27-14-8-5-9-15-27/h4-21,32-35H,22-25H2,1-3H3/t32-,33-,34+,35+/m1/s1. The van der Waals surface area contributed by atoms with Crippen LogP contribution in [0.2, 0.25) is 0 Å². The highest BCUT2D eigenvalue weighted by atomic mass is 16.8. The smallest absolute Gasteiger partial charge is 0.337 e. The zero-order chi connectivity index (χ0) is 33.8. The van der Waals surface area contributed by atoms with Gasteiger partial charge in [-0.15, -0.1) is 0 Å². The molecule has 0 radical (unpaired) electrons. The van der Waals surface area contributed by atoms with E-state index >= 15 is 4.79 Å². The molecule has 0 bridgehead atoms. The molecule has 0 aromatic heterocycles. The second-order valence-electron chi connectivity index (χ2n) is 12.7. The lowest BCUT2D eigenvalue weighted by atomic mass is 9.91. The first-order chi connectivity index (χ1) is 23.1. The van der Waals surface area contributed by atoms with Gasteiger partial charge in [-0.05, 0) is 61.1 Å². The van der Waals surface area contributed by atoms with Crippen LogP contribution in [-0.4, -0.2) is 63.9 Å². The summed E-state index contributed by atoms with van der Waals surface area (Å²) in [6.45, 7) is 4.06. The number of hydrogen-bond acceptors (Lipinski definition) is 7. The molecule has 6 rings (SSSR count). The van der Waals surface area contributed by atoms with Crippen molar-refractivity contribution in [1.82, 2.24) is 9.80 Å². The van der Waals surface area contributed by atoms with Crippen LogP contribution >= 0.6 is 0 Å². The fourth-order valence-corrected chi connectivity index (χ4v) is 6.83. The maximum absolute atomic E-state index is 15.2. The Morgan fingerprint density at radius 1 is 0.750 bits per heavy atom. The monoisotopic (exact) mass is 649 g/mol. The van der Waals surface area contributed by atoms with Gasteiger partial charge in [0.1, 0.15) is 12.2 Å². The number of carbonyl (C=O) groups is 2. The van der Waals surface area contributed by atoms with E-state index in [1.165, 1.54) is 19.2 Å². The maximum Gasteiger partial charge on any atom is 0.337 e. The molecule has 0 aliphatic carbocycles. The number of nitrogens with zero attached hydrogens (tertiary/aromatic N) is 3. The number of ether oxygens (including phenoxy) is 3. The number of non-ortho nitro benzene ring substituents is 1. The third-order valence-electron chi connectivity index (χ3n) is 8.96. The van der Waals surface area contributed by atoms with Crippen LogP contribution in [-0.2, 0) is 40.1 Å². The quantitative estimate of drug-likeness (QED) is 0.109. The summed E-state index contributed by atoms with van der Waals surface area (Å²) in [4.78, 5) is 42.5. The van der Waals surface area contributed by atoms with Crippen molar-refractivity contribution in [2.24, 2.45) is 0 Å². The van der Waals surface area contributed by atoms with Crippen molar-refractivity contribution < 1.29 is 28.7 Å². The van der Waals surface area contributed by atoms with Crippen LogP contribution < -0.4 is 0 Å². The molecular formula is C38H39N3O7. The number of esters is 1. The van der Waals surface area contributed by atoms with Crippen molar-refractivity contribution in [1.29, 1.82) is 0 Å². The van der Waals surface area contributed by atoms with E-state index in [1.807, 2.05) is 85.5 Å². The van der Waals surface area contributed by atoms with E-state index in [-0.39, 0.29) is 24.8 Å². The van der Waals surface area contributed by atoms with E-state index in [2.05, 4.69) is 0 Å². The van der Waals surface area contributed by atoms with Crippen LogP contribution in [0.4, 0.5) is 10.5 Å². The Morgan fingerprint density at radius 3 is 1.73 bits per heavy atom. The lowest BCUT2D eigenvalue weighted by Crippen LogP contribution is -2.51. The fourth-order valence-electron chi connectivity index (χ4n) is 6.83. The van der Waals surface area contributed by atoms with E-state index in [1.54, 1.807) is 35.2 Å². The molecule has 48 heavy (non-hydrogen) atoms. The number of fused-ring (bicyclic) bond motifs is 1. The minimum Gasteiger partial charge on any atom is -0.465 e. The summed E-state index contributed by atoms with van der Waals surface area (Å²) in [7, 11) is 1.33. The number of amides is 2. The molecule has 4 atom stereocenters. The molecule has 0 unspecified atom stereocenters. The van der Waals surface area contributed by atoms with E-state index in [0.717, 1.165) is 16.7 Å². The average Bonchev–Trinajstić information content (AvgIpc) is 3.40. The van der Waals surface area contributed by atoms with E-state index < -0.39 is 41.0 Å². The molecule has 0 saturated carbocycles. The summed E-state index contributed by atoms with van der Waals surface area (Å²) in [5, 5.41) is 11.7. The fraction of sp³-hybridized carbons (Fsp3) is 0.316. The van der Waals surface area contributed by atoms with Gasteiger partial charge in [0.15, 0.2) is 5.79 Å². The third-order valence-corrected chi connectivity index (χ3v) is 8.96. The summed E-state index contributed by atoms with van der Waals surface area (Å²) in [6, 6.07) is 32.1. The number of benzene rings is 4. The summed E-state index contributed by atoms with van der Waals surface area (Å²) in [5.74, 6) is -1.41. The number of rotatable bonds is 10. The molecule has 0 N–H and O–H groups in total. The molecule has 2 saturated heterocycles. The maximum atomic E-state index is 15.2. The predicted molar refractivity (Wildman–Crippen MR) is 179 cm³/mol. The van der Waals surface area contributed by atoms with Crippen molar-refractivity contribution in [2.45, 2.75) is 69.9 Å². The zero-order valence-electron chi connectivity index (χ0n) is 27.2. The molecule has 2 aliphatic heterocycles. The highest BCUT2D eigenvalue weighted by molar-refractivity contribution is 5.89. The molecule has 2 fully saturated rings. The van der Waals surface area contributed by atoms with Gasteiger partial charge < -0.3 is 24.0 Å². The number of hydrogen-bond donors (Lipinski definition) is 0. The largest absolute Gasteiger partial charge is 0.465 e. The van der Waals surface area contributed by atoms with E-state index in [4.69, 9.17) is 14.2 Å². The van der Waals surface area contributed by atoms with Crippen molar-refractivity contribution in [3.63, 3.8) is 0 Å². The first-order valence-corrected chi connectivity index (χ1v) is 16.0. The number of carbonyl (C=O) groups excluding carboxylic acids is 2. The molecule has 10 nitrogen and oxygen atoms in total. The Morgan fingerprint density at radius 2 is 1.23 bits per heavy atom. The minimum absolute atomic E-state index is 0.0488. The number of methoxy groups -OCH3 is 1. The van der Waals surface area contributed by atoms with Gasteiger partial charge >= 0.3 is 12.0 Å². The van der Waals surface area contributed by atoms with Gasteiger partial charge in [-0.3, -0.25) is 10.1 Å². The SMILES string of the molecule is COC(=O)c1cccc(CN2C(=O)N(Cc3cccc([N+](=O)[O-])c3)[C@H](Cc3ccccc3)[C@@H]3OC(C)(C)O[C@H]3[C@H]2Cc2ccccc2)c1. The summed E-state index contributed by atoms with van der Waals surface area (Å²) in [5.41, 5.74) is 3.75. The summed E-state index contributed by atoms with van der Waals surface area (Å²) < 4.78 is 18.4. The highest BCUT2D eigenvalue weighted by Crippen LogP contribution is 2.40. The lowest BCUT2D eigenvalue weighted by Gasteiger charge is -2.37. The Hall–Kier alpha value is -5.06. The van der Waals surface area contributed by atoms with Crippen molar-refractivity contribution in [2.75, 3.05) is 7.11 Å². The van der Waals surface area contributed by atoms with E-state index in [0.29, 0.717) is 24.0 Å². The topological polar surface area (TPSA) is 111 Å².